The molecule has 0 unspecified atom stereocenters. The van der Waals surface area contributed by atoms with Gasteiger partial charge >= 0.3 is 5.97 Å². The number of aliphatic hydroxyl groups is 1. The van der Waals surface area contributed by atoms with E-state index < -0.39 is 5.97 Å². The van der Waals surface area contributed by atoms with Crippen LogP contribution in [-0.4, -0.2) is 34.6 Å². The Hall–Kier alpha value is -1.56. The monoisotopic (exact) mass is 199 g/mol. The Morgan fingerprint density at radius 1 is 1.79 bits per heavy atom. The van der Waals surface area contributed by atoms with Crippen LogP contribution in [0, 0.1) is 0 Å². The van der Waals surface area contributed by atoms with E-state index in [0.29, 0.717) is 13.0 Å². The van der Waals surface area contributed by atoms with Crippen molar-refractivity contribution in [3.63, 3.8) is 0 Å². The number of hydrogen-bond acceptors (Lipinski definition) is 5. The fraction of sp³-hybridized carbons (Fsp3) is 0.500. The molecule has 0 radical (unpaired) electrons. The number of aromatic nitrogens is 2. The lowest BCUT2D eigenvalue weighted by Gasteiger charge is -2.04. The van der Waals surface area contributed by atoms with Crippen molar-refractivity contribution in [2.24, 2.45) is 0 Å². The van der Waals surface area contributed by atoms with Gasteiger partial charge in [-0.05, 0) is 6.42 Å². The molecule has 0 amide bonds. The maximum absolute atomic E-state index is 11.3. The Kier molecular flexibility index (Phi) is 3.47. The maximum atomic E-state index is 11.3. The van der Waals surface area contributed by atoms with Crippen LogP contribution in [0.25, 0.3) is 0 Å². The number of carbonyl (C=O) groups is 1. The van der Waals surface area contributed by atoms with Crippen molar-refractivity contribution in [3.05, 3.63) is 11.9 Å². The number of nitrogens with two attached hydrogens (primary N) is 1. The summed E-state index contributed by atoms with van der Waals surface area (Å²) in [5.74, 6) is -0.516. The molecule has 0 aliphatic carbocycles. The lowest BCUT2D eigenvalue weighted by molar-refractivity contribution is 0.0587. The van der Waals surface area contributed by atoms with Gasteiger partial charge in [0.15, 0.2) is 5.69 Å². The molecule has 1 aromatic rings. The van der Waals surface area contributed by atoms with E-state index in [0.717, 1.165) is 0 Å². The highest BCUT2D eigenvalue weighted by molar-refractivity contribution is 5.92. The average molecular weight is 199 g/mol. The standard InChI is InChI=1S/C8H13N3O3/c1-14-8(13)7-6(9)5-10-11(7)3-2-4-12/h5,12H,2-4,9H2,1H3. The van der Waals surface area contributed by atoms with E-state index in [1.807, 2.05) is 0 Å². The van der Waals surface area contributed by atoms with Crippen LogP contribution >= 0.6 is 0 Å². The van der Waals surface area contributed by atoms with E-state index in [1.165, 1.54) is 18.0 Å². The molecule has 1 heterocycles. The lowest BCUT2D eigenvalue weighted by atomic mass is 10.3. The molecule has 78 valence electrons. The minimum Gasteiger partial charge on any atom is -0.464 e. The third-order valence-corrected chi connectivity index (χ3v) is 1.77. The third-order valence-electron chi connectivity index (χ3n) is 1.77. The number of aliphatic hydroxyl groups excluding tert-OH is 1. The SMILES string of the molecule is COC(=O)c1c(N)cnn1CCCO. The molecular weight excluding hydrogens is 186 g/mol. The molecule has 14 heavy (non-hydrogen) atoms. The molecule has 0 saturated carbocycles. The Morgan fingerprint density at radius 3 is 3.07 bits per heavy atom. The van der Waals surface area contributed by atoms with Crippen molar-refractivity contribution < 1.29 is 14.6 Å². The molecule has 0 bridgehead atoms. The summed E-state index contributed by atoms with van der Waals surface area (Å²) in [6, 6.07) is 0. The predicted molar refractivity (Wildman–Crippen MR) is 49.7 cm³/mol. The van der Waals surface area contributed by atoms with Crippen LogP contribution in [0.4, 0.5) is 5.69 Å². The second kappa shape index (κ2) is 4.61. The van der Waals surface area contributed by atoms with Crippen molar-refractivity contribution in [2.75, 3.05) is 19.5 Å². The number of esters is 1. The second-order valence-electron chi connectivity index (χ2n) is 2.74. The first kappa shape index (κ1) is 10.5. The first-order chi connectivity index (χ1) is 6.70. The molecule has 0 aliphatic rings. The maximum Gasteiger partial charge on any atom is 0.358 e. The van der Waals surface area contributed by atoms with Crippen LogP contribution in [-0.2, 0) is 11.3 Å². The van der Waals surface area contributed by atoms with Gasteiger partial charge in [0.25, 0.3) is 0 Å². The predicted octanol–water partition coefficient (Wildman–Crippen LogP) is -0.366. The molecule has 0 aromatic carbocycles. The van der Waals surface area contributed by atoms with Gasteiger partial charge in [-0.2, -0.15) is 5.10 Å². The molecule has 1 rings (SSSR count). The molecule has 0 spiro atoms. The van der Waals surface area contributed by atoms with Gasteiger partial charge in [0, 0.05) is 13.2 Å². The summed E-state index contributed by atoms with van der Waals surface area (Å²) in [6.45, 7) is 0.485. The minimum atomic E-state index is -0.516. The summed E-state index contributed by atoms with van der Waals surface area (Å²) in [6.07, 6.45) is 1.91. The molecule has 0 saturated heterocycles. The van der Waals surface area contributed by atoms with Crippen molar-refractivity contribution in [1.82, 2.24) is 9.78 Å². The number of anilines is 1. The van der Waals surface area contributed by atoms with Crippen LogP contribution in [0.15, 0.2) is 6.20 Å². The molecule has 1 aromatic heterocycles. The summed E-state index contributed by atoms with van der Waals surface area (Å²) < 4.78 is 5.98. The van der Waals surface area contributed by atoms with Crippen LogP contribution in [0.1, 0.15) is 16.9 Å². The number of rotatable bonds is 4. The van der Waals surface area contributed by atoms with E-state index in [-0.39, 0.29) is 18.0 Å². The van der Waals surface area contributed by atoms with Gasteiger partial charge in [-0.25, -0.2) is 4.79 Å². The fourth-order valence-corrected chi connectivity index (χ4v) is 1.11. The van der Waals surface area contributed by atoms with Crippen molar-refractivity contribution in [1.29, 1.82) is 0 Å². The summed E-state index contributed by atoms with van der Waals surface area (Å²) in [5, 5.41) is 12.5. The number of nitrogen functional groups attached to an aromatic ring is 1. The first-order valence-corrected chi connectivity index (χ1v) is 4.21. The molecule has 3 N–H and O–H groups in total. The zero-order valence-corrected chi connectivity index (χ0v) is 7.93. The number of aryl methyl sites for hydroxylation is 1. The van der Waals surface area contributed by atoms with Crippen LogP contribution in [0.2, 0.25) is 0 Å². The molecule has 6 nitrogen and oxygen atoms in total. The van der Waals surface area contributed by atoms with Gasteiger partial charge in [-0.1, -0.05) is 0 Å². The molecule has 6 heteroatoms. The highest BCUT2D eigenvalue weighted by atomic mass is 16.5. The number of methoxy groups -OCH3 is 1. The molecule has 0 atom stereocenters. The van der Waals surface area contributed by atoms with Gasteiger partial charge in [-0.15, -0.1) is 0 Å². The Morgan fingerprint density at radius 2 is 2.50 bits per heavy atom. The quantitative estimate of drug-likeness (QED) is 0.646. The Labute approximate surface area is 81.3 Å². The first-order valence-electron chi connectivity index (χ1n) is 4.21. The van der Waals surface area contributed by atoms with Gasteiger partial charge in [0.1, 0.15) is 0 Å². The lowest BCUT2D eigenvalue weighted by Crippen LogP contribution is -2.14. The van der Waals surface area contributed by atoms with Crippen LogP contribution in [0.3, 0.4) is 0 Å². The highest BCUT2D eigenvalue weighted by Gasteiger charge is 2.16. The number of ether oxygens (including phenoxy) is 1. The summed E-state index contributed by atoms with van der Waals surface area (Å²) in [4.78, 5) is 11.3. The van der Waals surface area contributed by atoms with E-state index >= 15 is 0 Å². The number of nitrogens with zero attached hydrogens (tertiary/aromatic N) is 2. The minimum absolute atomic E-state index is 0.0420. The van der Waals surface area contributed by atoms with E-state index in [1.54, 1.807) is 0 Å². The average Bonchev–Trinajstić information content (AvgIpc) is 2.55. The number of hydrogen-bond donors (Lipinski definition) is 2. The summed E-state index contributed by atoms with van der Waals surface area (Å²) >= 11 is 0. The molecular formula is C8H13N3O3. The smallest absolute Gasteiger partial charge is 0.358 e. The topological polar surface area (TPSA) is 90.4 Å². The second-order valence-corrected chi connectivity index (χ2v) is 2.74. The van der Waals surface area contributed by atoms with Gasteiger partial charge in [0.2, 0.25) is 0 Å². The van der Waals surface area contributed by atoms with Crippen LogP contribution in [0.5, 0.6) is 0 Å². The van der Waals surface area contributed by atoms with Gasteiger partial charge in [0.05, 0.1) is 19.0 Å². The van der Waals surface area contributed by atoms with Crippen molar-refractivity contribution >= 4 is 11.7 Å². The fourth-order valence-electron chi connectivity index (χ4n) is 1.11. The van der Waals surface area contributed by atoms with Gasteiger partial charge < -0.3 is 15.6 Å². The Balaban J connectivity index is 2.88. The largest absolute Gasteiger partial charge is 0.464 e. The normalized spacial score (nSPS) is 10.1. The summed E-state index contributed by atoms with van der Waals surface area (Å²) in [7, 11) is 1.28. The molecule has 0 aliphatic heterocycles. The van der Waals surface area contributed by atoms with Gasteiger partial charge in [-0.3, -0.25) is 4.68 Å². The highest BCUT2D eigenvalue weighted by Crippen LogP contribution is 2.12. The molecule has 0 fully saturated rings. The zero-order chi connectivity index (χ0) is 10.6. The zero-order valence-electron chi connectivity index (χ0n) is 7.93. The van der Waals surface area contributed by atoms with Crippen molar-refractivity contribution in [2.45, 2.75) is 13.0 Å². The van der Waals surface area contributed by atoms with E-state index in [4.69, 9.17) is 10.8 Å². The van der Waals surface area contributed by atoms with Crippen LogP contribution < -0.4 is 5.73 Å². The summed E-state index contributed by atoms with van der Waals surface area (Å²) in [5.41, 5.74) is 6.07. The number of carbonyl (C=O) groups excluding carboxylic acids is 1. The Bertz CT molecular complexity index is 322. The van der Waals surface area contributed by atoms with Crippen molar-refractivity contribution in [3.8, 4) is 0 Å². The van der Waals surface area contributed by atoms with E-state index in [2.05, 4.69) is 9.84 Å². The third kappa shape index (κ3) is 2.02. The van der Waals surface area contributed by atoms with E-state index in [9.17, 15) is 4.79 Å².